The SMILES string of the molecule is COCCN1CC2N(C(=O)O)OC(C)(C)C(=O)N2[C@@H](Cc2ccc(O)cc2)C1=O. The van der Waals surface area contributed by atoms with E-state index in [0.29, 0.717) is 0 Å². The van der Waals surface area contributed by atoms with Crippen molar-refractivity contribution in [1.82, 2.24) is 14.9 Å². The topological polar surface area (TPSA) is 120 Å². The third-order valence-electron chi connectivity index (χ3n) is 5.10. The maximum absolute atomic E-state index is 13.2. The number of methoxy groups -OCH3 is 1. The van der Waals surface area contributed by atoms with Gasteiger partial charge >= 0.3 is 6.09 Å². The minimum atomic E-state index is -1.43. The summed E-state index contributed by atoms with van der Waals surface area (Å²) < 4.78 is 5.06. The number of hydroxylamine groups is 2. The van der Waals surface area contributed by atoms with Crippen LogP contribution in [0.3, 0.4) is 0 Å². The highest BCUT2D eigenvalue weighted by atomic mass is 16.7. The van der Waals surface area contributed by atoms with Gasteiger partial charge in [0, 0.05) is 20.1 Å². The van der Waals surface area contributed by atoms with Crippen LogP contribution >= 0.6 is 0 Å². The molecule has 0 spiro atoms. The van der Waals surface area contributed by atoms with Crippen LogP contribution in [0.2, 0.25) is 0 Å². The molecule has 0 aromatic heterocycles. The van der Waals surface area contributed by atoms with Crippen molar-refractivity contribution in [2.45, 2.75) is 38.1 Å². The Morgan fingerprint density at radius 3 is 2.52 bits per heavy atom. The van der Waals surface area contributed by atoms with Crippen molar-refractivity contribution in [3.8, 4) is 5.75 Å². The summed E-state index contributed by atoms with van der Waals surface area (Å²) in [4.78, 5) is 46.4. The van der Waals surface area contributed by atoms with Gasteiger partial charge in [-0.2, -0.15) is 5.06 Å². The van der Waals surface area contributed by atoms with Gasteiger partial charge in [0.1, 0.15) is 11.8 Å². The van der Waals surface area contributed by atoms with Crippen molar-refractivity contribution in [2.75, 3.05) is 26.8 Å². The molecule has 2 N–H and O–H groups in total. The minimum absolute atomic E-state index is 0.0115. The molecule has 29 heavy (non-hydrogen) atoms. The number of piperazine rings is 1. The number of benzene rings is 1. The molecule has 2 aliphatic rings. The van der Waals surface area contributed by atoms with Gasteiger partial charge in [-0.05, 0) is 31.5 Å². The molecule has 10 nitrogen and oxygen atoms in total. The van der Waals surface area contributed by atoms with Gasteiger partial charge in [0.15, 0.2) is 11.8 Å². The zero-order valence-electron chi connectivity index (χ0n) is 16.6. The Bertz CT molecular complexity index is 795. The Morgan fingerprint density at radius 2 is 1.93 bits per heavy atom. The van der Waals surface area contributed by atoms with Crippen LogP contribution in [0, 0.1) is 0 Å². The van der Waals surface area contributed by atoms with Crippen LogP contribution in [-0.2, 0) is 25.6 Å². The fourth-order valence-corrected chi connectivity index (χ4v) is 3.64. The second kappa shape index (κ2) is 7.88. The fraction of sp³-hybridized carbons (Fsp3) is 0.526. The van der Waals surface area contributed by atoms with Crippen LogP contribution in [-0.4, -0.2) is 87.6 Å². The summed E-state index contributed by atoms with van der Waals surface area (Å²) in [6, 6.07) is 5.41. The highest BCUT2D eigenvalue weighted by Crippen LogP contribution is 2.33. The quantitative estimate of drug-likeness (QED) is 0.735. The van der Waals surface area contributed by atoms with Crippen molar-refractivity contribution in [3.63, 3.8) is 0 Å². The van der Waals surface area contributed by atoms with E-state index < -0.39 is 29.8 Å². The summed E-state index contributed by atoms with van der Waals surface area (Å²) in [6.45, 7) is 3.47. The second-order valence-electron chi connectivity index (χ2n) is 7.57. The van der Waals surface area contributed by atoms with Gasteiger partial charge in [-0.3, -0.25) is 9.59 Å². The average molecular weight is 407 g/mol. The number of ether oxygens (including phenoxy) is 1. The standard InChI is InChI=1S/C19H25N3O7/c1-19(2)17(25)21-14(10-12-4-6-13(23)7-5-12)16(24)20(8-9-28-3)11-15(21)22(29-19)18(26)27/h4-7,14-15,23H,8-11H2,1-3H3,(H,26,27)/t14-,15?/m0/s1. The number of carbonyl (C=O) groups is 3. The normalized spacial score (nSPS) is 23.9. The van der Waals surface area contributed by atoms with E-state index in [9.17, 15) is 24.6 Å². The number of nitrogens with zero attached hydrogens (tertiary/aromatic N) is 3. The van der Waals surface area contributed by atoms with Gasteiger partial charge in [-0.1, -0.05) is 12.1 Å². The van der Waals surface area contributed by atoms with E-state index in [1.165, 1.54) is 42.9 Å². The predicted molar refractivity (Wildman–Crippen MR) is 99.7 cm³/mol. The lowest BCUT2D eigenvalue weighted by Crippen LogP contribution is -2.75. The van der Waals surface area contributed by atoms with Gasteiger partial charge in [0.2, 0.25) is 5.91 Å². The number of amides is 3. The number of rotatable bonds is 5. The van der Waals surface area contributed by atoms with Gasteiger partial charge < -0.3 is 24.7 Å². The molecule has 1 unspecified atom stereocenters. The molecule has 2 saturated heterocycles. The summed E-state index contributed by atoms with van der Waals surface area (Å²) in [7, 11) is 1.51. The second-order valence-corrected chi connectivity index (χ2v) is 7.57. The largest absolute Gasteiger partial charge is 0.508 e. The van der Waals surface area contributed by atoms with Crippen molar-refractivity contribution < 1.29 is 34.2 Å². The van der Waals surface area contributed by atoms with E-state index in [0.717, 1.165) is 10.6 Å². The molecular formula is C19H25N3O7. The van der Waals surface area contributed by atoms with E-state index in [1.807, 2.05) is 0 Å². The molecule has 1 aromatic carbocycles. The van der Waals surface area contributed by atoms with Gasteiger partial charge in [0.05, 0.1) is 13.2 Å². The summed E-state index contributed by atoms with van der Waals surface area (Å²) >= 11 is 0. The molecule has 10 heteroatoms. The lowest BCUT2D eigenvalue weighted by atomic mass is 9.96. The Hall–Kier alpha value is -2.85. The highest BCUT2D eigenvalue weighted by Gasteiger charge is 2.55. The fourth-order valence-electron chi connectivity index (χ4n) is 3.64. The van der Waals surface area contributed by atoms with Crippen LogP contribution < -0.4 is 0 Å². The first-order chi connectivity index (χ1) is 13.7. The lowest BCUT2D eigenvalue weighted by Gasteiger charge is -2.54. The van der Waals surface area contributed by atoms with Crippen LogP contribution in [0.5, 0.6) is 5.75 Å². The smallest absolute Gasteiger partial charge is 0.433 e. The molecule has 2 aliphatic heterocycles. The molecular weight excluding hydrogens is 382 g/mol. The lowest BCUT2D eigenvalue weighted by molar-refractivity contribution is -0.288. The summed E-state index contributed by atoms with van der Waals surface area (Å²) in [5, 5.41) is 19.9. The van der Waals surface area contributed by atoms with E-state index in [-0.39, 0.29) is 37.8 Å². The number of aromatic hydroxyl groups is 1. The Kier molecular flexibility index (Phi) is 5.67. The Labute approximate surface area is 168 Å². The third kappa shape index (κ3) is 3.99. The molecule has 1 aromatic rings. The molecule has 2 heterocycles. The molecule has 0 saturated carbocycles. The first-order valence-corrected chi connectivity index (χ1v) is 9.25. The van der Waals surface area contributed by atoms with Crippen molar-refractivity contribution >= 4 is 17.9 Å². The van der Waals surface area contributed by atoms with E-state index in [4.69, 9.17) is 9.57 Å². The number of phenols is 1. The highest BCUT2D eigenvalue weighted by molar-refractivity contribution is 5.93. The summed E-state index contributed by atoms with van der Waals surface area (Å²) in [5.74, 6) is -0.657. The van der Waals surface area contributed by atoms with Crippen molar-refractivity contribution in [2.24, 2.45) is 0 Å². The maximum atomic E-state index is 13.2. The van der Waals surface area contributed by atoms with E-state index in [2.05, 4.69) is 0 Å². The van der Waals surface area contributed by atoms with Gasteiger partial charge in [-0.15, -0.1) is 0 Å². The number of fused-ring (bicyclic) bond motifs is 1. The van der Waals surface area contributed by atoms with Crippen LogP contribution in [0.15, 0.2) is 24.3 Å². The van der Waals surface area contributed by atoms with Gasteiger partial charge in [-0.25, -0.2) is 9.63 Å². The third-order valence-corrected chi connectivity index (χ3v) is 5.10. The molecule has 0 aliphatic carbocycles. The van der Waals surface area contributed by atoms with Crippen molar-refractivity contribution in [1.29, 1.82) is 0 Å². The zero-order valence-corrected chi connectivity index (χ0v) is 16.6. The monoisotopic (exact) mass is 407 g/mol. The minimum Gasteiger partial charge on any atom is -0.508 e. The van der Waals surface area contributed by atoms with Crippen LogP contribution in [0.1, 0.15) is 19.4 Å². The molecule has 2 atom stereocenters. The predicted octanol–water partition coefficient (Wildman–Crippen LogP) is 0.650. The summed E-state index contributed by atoms with van der Waals surface area (Å²) in [6.07, 6.45) is -2.14. The number of hydrogen-bond acceptors (Lipinski definition) is 6. The Balaban J connectivity index is 2.00. The van der Waals surface area contributed by atoms with E-state index in [1.54, 1.807) is 12.1 Å². The molecule has 3 amide bonds. The summed E-state index contributed by atoms with van der Waals surface area (Å²) in [5.41, 5.74) is -0.704. The molecule has 0 bridgehead atoms. The van der Waals surface area contributed by atoms with E-state index >= 15 is 0 Å². The molecule has 0 radical (unpaired) electrons. The van der Waals surface area contributed by atoms with Gasteiger partial charge in [0.25, 0.3) is 5.91 Å². The zero-order chi connectivity index (χ0) is 21.3. The number of hydrogen-bond donors (Lipinski definition) is 2. The van der Waals surface area contributed by atoms with Crippen molar-refractivity contribution in [3.05, 3.63) is 29.8 Å². The van der Waals surface area contributed by atoms with Crippen LogP contribution in [0.25, 0.3) is 0 Å². The Morgan fingerprint density at radius 1 is 1.28 bits per heavy atom. The van der Waals surface area contributed by atoms with Crippen LogP contribution in [0.4, 0.5) is 4.79 Å². The number of phenolic OH excluding ortho intramolecular Hbond substituents is 1. The molecule has 2 fully saturated rings. The maximum Gasteiger partial charge on any atom is 0.433 e. The first kappa shape index (κ1) is 20.9. The molecule has 158 valence electrons. The number of carboxylic acid groups (broad SMARTS) is 1. The molecule has 3 rings (SSSR count). The first-order valence-electron chi connectivity index (χ1n) is 9.25. The average Bonchev–Trinajstić information content (AvgIpc) is 2.67. The number of carbonyl (C=O) groups excluding carboxylic acids is 2.